The first-order valence-electron chi connectivity index (χ1n) is 5.25. The molecular weight excluding hydrogens is 188 g/mol. The van der Waals surface area contributed by atoms with Gasteiger partial charge in [-0.3, -0.25) is 4.79 Å². The second-order valence-electron chi connectivity index (χ2n) is 4.06. The summed E-state index contributed by atoms with van der Waals surface area (Å²) in [6.07, 6.45) is 1.03. The number of hydrogen-bond acceptors (Lipinski definition) is 3. The van der Waals surface area contributed by atoms with E-state index in [4.69, 9.17) is 5.73 Å². The summed E-state index contributed by atoms with van der Waals surface area (Å²) in [5.74, 6) is 0.0437. The molecule has 80 valence electrons. The molecule has 0 fully saturated rings. The van der Waals surface area contributed by atoms with Crippen molar-refractivity contribution in [1.29, 1.82) is 0 Å². The molecule has 1 aromatic carbocycles. The Labute approximate surface area is 89.9 Å². The molecule has 0 bridgehead atoms. The van der Waals surface area contributed by atoms with Crippen LogP contribution in [0.5, 0.6) is 0 Å². The van der Waals surface area contributed by atoms with Crippen LogP contribution in [-0.4, -0.2) is 30.8 Å². The van der Waals surface area contributed by atoms with Gasteiger partial charge in [-0.25, -0.2) is 0 Å². The third kappa shape index (κ3) is 1.94. The normalized spacial score (nSPS) is 16.1. The standard InChI is InChI=1S/C12H16N2O/c1-14-6-5-9-3-2-4-10(11(9)8-14)12(15)7-13/h2-4H,5-8,13H2,1H3. The second-order valence-corrected chi connectivity index (χ2v) is 4.06. The van der Waals surface area contributed by atoms with E-state index >= 15 is 0 Å². The topological polar surface area (TPSA) is 46.3 Å². The number of likely N-dealkylation sites (N-methyl/N-ethyl adjacent to an activating group) is 1. The Morgan fingerprint density at radius 2 is 2.33 bits per heavy atom. The highest BCUT2D eigenvalue weighted by atomic mass is 16.1. The number of benzene rings is 1. The summed E-state index contributed by atoms with van der Waals surface area (Å²) in [5, 5.41) is 0. The highest BCUT2D eigenvalue weighted by Gasteiger charge is 2.18. The van der Waals surface area contributed by atoms with Crippen molar-refractivity contribution in [2.45, 2.75) is 13.0 Å². The molecule has 1 aliphatic rings. The molecule has 0 saturated carbocycles. The van der Waals surface area contributed by atoms with Gasteiger partial charge in [0.2, 0.25) is 0 Å². The monoisotopic (exact) mass is 204 g/mol. The molecule has 1 aliphatic heterocycles. The van der Waals surface area contributed by atoms with Gasteiger partial charge in [-0.15, -0.1) is 0 Å². The Hall–Kier alpha value is -1.19. The minimum absolute atomic E-state index is 0.0437. The van der Waals surface area contributed by atoms with Crippen molar-refractivity contribution in [3.63, 3.8) is 0 Å². The van der Waals surface area contributed by atoms with E-state index in [0.29, 0.717) is 0 Å². The molecule has 0 radical (unpaired) electrons. The van der Waals surface area contributed by atoms with Gasteiger partial charge in [0.1, 0.15) is 0 Å². The molecule has 3 nitrogen and oxygen atoms in total. The first-order chi connectivity index (χ1) is 7.22. The van der Waals surface area contributed by atoms with Crippen LogP contribution in [0.2, 0.25) is 0 Å². The van der Waals surface area contributed by atoms with Crippen LogP contribution in [0.4, 0.5) is 0 Å². The molecule has 0 saturated heterocycles. The first kappa shape index (κ1) is 10.3. The number of nitrogens with two attached hydrogens (primary N) is 1. The van der Waals surface area contributed by atoms with Crippen molar-refractivity contribution in [2.75, 3.05) is 20.1 Å². The Morgan fingerprint density at radius 3 is 3.07 bits per heavy atom. The summed E-state index contributed by atoms with van der Waals surface area (Å²) < 4.78 is 0. The number of carbonyl (C=O) groups is 1. The van der Waals surface area contributed by atoms with Crippen molar-refractivity contribution in [3.05, 3.63) is 34.9 Å². The van der Waals surface area contributed by atoms with Crippen LogP contribution in [0, 0.1) is 0 Å². The zero-order chi connectivity index (χ0) is 10.8. The summed E-state index contributed by atoms with van der Waals surface area (Å²) in [5.41, 5.74) is 8.68. The molecule has 0 atom stereocenters. The SMILES string of the molecule is CN1CCc2cccc(C(=O)CN)c2C1. The predicted molar refractivity (Wildman–Crippen MR) is 59.9 cm³/mol. The van der Waals surface area contributed by atoms with Crippen molar-refractivity contribution in [3.8, 4) is 0 Å². The van der Waals surface area contributed by atoms with E-state index in [1.54, 1.807) is 0 Å². The van der Waals surface area contributed by atoms with Gasteiger partial charge >= 0.3 is 0 Å². The molecule has 0 aromatic heterocycles. The van der Waals surface area contributed by atoms with Crippen LogP contribution in [0.15, 0.2) is 18.2 Å². The third-order valence-electron chi connectivity index (χ3n) is 2.95. The highest BCUT2D eigenvalue weighted by Crippen LogP contribution is 2.21. The molecule has 2 N–H and O–H groups in total. The number of ketones is 1. The molecule has 3 heteroatoms. The molecule has 0 unspecified atom stereocenters. The number of hydrogen-bond donors (Lipinski definition) is 1. The van der Waals surface area contributed by atoms with E-state index in [-0.39, 0.29) is 12.3 Å². The number of Topliss-reactive ketones (excluding diaryl/α,β-unsaturated/α-hetero) is 1. The lowest BCUT2D eigenvalue weighted by Gasteiger charge is -2.26. The van der Waals surface area contributed by atoms with Crippen LogP contribution >= 0.6 is 0 Å². The van der Waals surface area contributed by atoms with Gasteiger partial charge in [-0.1, -0.05) is 18.2 Å². The van der Waals surface area contributed by atoms with Crippen LogP contribution in [0.1, 0.15) is 21.5 Å². The minimum atomic E-state index is 0.0437. The zero-order valence-electron chi connectivity index (χ0n) is 8.99. The van der Waals surface area contributed by atoms with E-state index < -0.39 is 0 Å². The quantitative estimate of drug-likeness (QED) is 0.725. The van der Waals surface area contributed by atoms with Crippen LogP contribution in [-0.2, 0) is 13.0 Å². The summed E-state index contributed by atoms with van der Waals surface area (Å²) in [4.78, 5) is 13.9. The molecule has 15 heavy (non-hydrogen) atoms. The van der Waals surface area contributed by atoms with Crippen molar-refractivity contribution >= 4 is 5.78 Å². The maximum absolute atomic E-state index is 11.6. The van der Waals surface area contributed by atoms with E-state index in [0.717, 1.165) is 25.1 Å². The van der Waals surface area contributed by atoms with E-state index in [1.807, 2.05) is 12.1 Å². The Morgan fingerprint density at radius 1 is 1.53 bits per heavy atom. The van der Waals surface area contributed by atoms with Gasteiger partial charge in [0, 0.05) is 18.7 Å². The molecule has 1 aromatic rings. The number of carbonyl (C=O) groups excluding carboxylic acids is 1. The summed E-state index contributed by atoms with van der Waals surface area (Å²) in [6.45, 7) is 2.02. The molecular formula is C12H16N2O. The van der Waals surface area contributed by atoms with Gasteiger partial charge in [0.05, 0.1) is 6.54 Å². The van der Waals surface area contributed by atoms with Crippen molar-refractivity contribution < 1.29 is 4.79 Å². The molecule has 0 spiro atoms. The van der Waals surface area contributed by atoms with Crippen LogP contribution < -0.4 is 5.73 Å². The Kier molecular flexibility index (Phi) is 2.84. The fraction of sp³-hybridized carbons (Fsp3) is 0.417. The van der Waals surface area contributed by atoms with Gasteiger partial charge in [-0.05, 0) is 24.6 Å². The van der Waals surface area contributed by atoms with Crippen LogP contribution in [0.25, 0.3) is 0 Å². The summed E-state index contributed by atoms with van der Waals surface area (Å²) in [7, 11) is 2.08. The highest BCUT2D eigenvalue weighted by molar-refractivity contribution is 5.99. The van der Waals surface area contributed by atoms with Gasteiger partial charge < -0.3 is 10.6 Å². The molecule has 1 heterocycles. The molecule has 0 aliphatic carbocycles. The fourth-order valence-corrected chi connectivity index (χ4v) is 2.09. The number of fused-ring (bicyclic) bond motifs is 1. The lowest BCUT2D eigenvalue weighted by molar-refractivity contribution is 0.0999. The smallest absolute Gasteiger partial charge is 0.176 e. The Bertz CT molecular complexity index is 387. The lowest BCUT2D eigenvalue weighted by atomic mass is 9.93. The van der Waals surface area contributed by atoms with Crippen molar-refractivity contribution in [1.82, 2.24) is 4.90 Å². The predicted octanol–water partition coefficient (Wildman–Crippen LogP) is 0.816. The molecule has 2 rings (SSSR count). The maximum atomic E-state index is 11.6. The lowest BCUT2D eigenvalue weighted by Crippen LogP contribution is -2.29. The van der Waals surface area contributed by atoms with E-state index in [1.165, 1.54) is 11.1 Å². The van der Waals surface area contributed by atoms with Crippen LogP contribution in [0.3, 0.4) is 0 Å². The minimum Gasteiger partial charge on any atom is -0.324 e. The van der Waals surface area contributed by atoms with E-state index in [2.05, 4.69) is 18.0 Å². The van der Waals surface area contributed by atoms with Gasteiger partial charge in [0.25, 0.3) is 0 Å². The maximum Gasteiger partial charge on any atom is 0.176 e. The van der Waals surface area contributed by atoms with E-state index in [9.17, 15) is 4.79 Å². The Balaban J connectivity index is 2.44. The first-order valence-corrected chi connectivity index (χ1v) is 5.25. The molecule has 0 amide bonds. The van der Waals surface area contributed by atoms with Gasteiger partial charge in [-0.2, -0.15) is 0 Å². The number of rotatable bonds is 2. The number of nitrogens with zero attached hydrogens (tertiary/aromatic N) is 1. The fourth-order valence-electron chi connectivity index (χ4n) is 2.09. The zero-order valence-corrected chi connectivity index (χ0v) is 8.99. The average Bonchev–Trinajstić information content (AvgIpc) is 2.27. The largest absolute Gasteiger partial charge is 0.324 e. The summed E-state index contributed by atoms with van der Waals surface area (Å²) in [6, 6.07) is 5.94. The summed E-state index contributed by atoms with van der Waals surface area (Å²) >= 11 is 0. The van der Waals surface area contributed by atoms with Crippen molar-refractivity contribution in [2.24, 2.45) is 5.73 Å². The average molecular weight is 204 g/mol. The second kappa shape index (κ2) is 4.13. The third-order valence-corrected chi connectivity index (χ3v) is 2.95. The van der Waals surface area contributed by atoms with Gasteiger partial charge in [0.15, 0.2) is 5.78 Å².